The quantitative estimate of drug-likeness (QED) is 0.243. The van der Waals surface area contributed by atoms with Crippen LogP contribution < -0.4 is 14.4 Å². The molecule has 0 radical (unpaired) electrons. The minimum Gasteiger partial charge on any atom is -0.497 e. The second kappa shape index (κ2) is 14.6. The molecule has 1 N–H and O–H groups in total. The molecule has 2 amide bonds. The number of nitrogens with one attached hydrogen (secondary N) is 1. The maximum Gasteiger partial charge on any atom is 0.264 e. The monoisotopic (exact) mass is 619 g/mol. The van der Waals surface area contributed by atoms with E-state index in [0.717, 1.165) is 22.7 Å². The van der Waals surface area contributed by atoms with Crippen molar-refractivity contribution in [3.8, 4) is 5.75 Å². The lowest BCUT2D eigenvalue weighted by Crippen LogP contribution is -2.51. The molecule has 0 spiro atoms. The number of amides is 2. The van der Waals surface area contributed by atoms with Crippen LogP contribution in [-0.2, 0) is 26.2 Å². The molecule has 0 aromatic heterocycles. The second-order valence-corrected chi connectivity index (χ2v) is 12.3. The van der Waals surface area contributed by atoms with E-state index in [1.807, 2.05) is 13.8 Å². The Morgan fingerprint density at radius 3 is 2.34 bits per heavy atom. The van der Waals surface area contributed by atoms with Crippen LogP contribution >= 0.6 is 23.2 Å². The average Bonchev–Trinajstić information content (AvgIpc) is 2.96. The first-order chi connectivity index (χ1) is 19.5. The van der Waals surface area contributed by atoms with E-state index in [4.69, 9.17) is 27.9 Å². The summed E-state index contributed by atoms with van der Waals surface area (Å²) in [5.74, 6) is -0.496. The summed E-state index contributed by atoms with van der Waals surface area (Å²) in [6, 6.07) is 16.9. The molecule has 3 rings (SSSR count). The number of carbonyl (C=O) groups is 2. The smallest absolute Gasteiger partial charge is 0.264 e. The summed E-state index contributed by atoms with van der Waals surface area (Å²) in [6.45, 7) is 5.39. The number of benzene rings is 3. The van der Waals surface area contributed by atoms with Crippen LogP contribution in [0.2, 0.25) is 10.0 Å². The largest absolute Gasteiger partial charge is 0.497 e. The molecule has 41 heavy (non-hydrogen) atoms. The number of hydrogen-bond acceptors (Lipinski definition) is 5. The van der Waals surface area contributed by atoms with Gasteiger partial charge in [0.15, 0.2) is 0 Å². The number of halogens is 2. The Kier molecular flexibility index (Phi) is 11.5. The van der Waals surface area contributed by atoms with Crippen molar-refractivity contribution in [2.45, 2.75) is 51.1 Å². The van der Waals surface area contributed by atoms with Gasteiger partial charge < -0.3 is 15.0 Å². The van der Waals surface area contributed by atoms with Crippen molar-refractivity contribution in [3.63, 3.8) is 0 Å². The minimum atomic E-state index is -4.18. The van der Waals surface area contributed by atoms with Gasteiger partial charge in [-0.25, -0.2) is 8.42 Å². The number of methoxy groups -OCH3 is 1. The highest BCUT2D eigenvalue weighted by molar-refractivity contribution is 7.92. The number of aryl methyl sites for hydroxylation is 1. The average molecular weight is 621 g/mol. The Morgan fingerprint density at radius 1 is 1.00 bits per heavy atom. The zero-order valence-corrected chi connectivity index (χ0v) is 25.9. The van der Waals surface area contributed by atoms with Gasteiger partial charge in [-0.15, -0.1) is 0 Å². The molecule has 220 valence electrons. The fourth-order valence-corrected chi connectivity index (χ4v) is 5.81. The summed E-state index contributed by atoms with van der Waals surface area (Å²) < 4.78 is 34.2. The molecule has 0 saturated heterocycles. The van der Waals surface area contributed by atoms with E-state index >= 15 is 0 Å². The molecule has 0 saturated carbocycles. The molecule has 0 heterocycles. The van der Waals surface area contributed by atoms with Crippen molar-refractivity contribution in [2.24, 2.45) is 0 Å². The first-order valence-electron chi connectivity index (χ1n) is 13.2. The highest BCUT2D eigenvalue weighted by atomic mass is 35.5. The first kappa shape index (κ1) is 32.2. The second-order valence-electron chi connectivity index (χ2n) is 9.62. The van der Waals surface area contributed by atoms with E-state index in [9.17, 15) is 18.0 Å². The SMILES string of the molecule is CCCCNC(=O)[C@@H](C)N(Cc1ccc(Cl)c(Cl)c1)C(=O)CN(c1cccc(OC)c1)S(=O)(=O)c1ccc(C)cc1. The fourth-order valence-electron chi connectivity index (χ4n) is 4.09. The van der Waals surface area contributed by atoms with Gasteiger partial charge in [0, 0.05) is 19.2 Å². The van der Waals surface area contributed by atoms with E-state index in [-0.39, 0.29) is 23.0 Å². The van der Waals surface area contributed by atoms with Gasteiger partial charge in [0.2, 0.25) is 11.8 Å². The molecule has 8 nitrogen and oxygen atoms in total. The molecule has 3 aromatic carbocycles. The number of nitrogens with zero attached hydrogens (tertiary/aromatic N) is 2. The van der Waals surface area contributed by atoms with Crippen LogP contribution in [0.5, 0.6) is 5.75 Å². The lowest BCUT2D eigenvalue weighted by atomic mass is 10.1. The third kappa shape index (κ3) is 8.38. The van der Waals surface area contributed by atoms with E-state index in [1.165, 1.54) is 24.1 Å². The Bertz CT molecular complexity index is 1470. The van der Waals surface area contributed by atoms with Crippen LogP contribution in [0.1, 0.15) is 37.8 Å². The van der Waals surface area contributed by atoms with Crippen LogP contribution in [-0.4, -0.2) is 51.4 Å². The summed E-state index contributed by atoms with van der Waals surface area (Å²) in [7, 11) is -2.71. The number of anilines is 1. The lowest BCUT2D eigenvalue weighted by molar-refractivity contribution is -0.139. The summed E-state index contributed by atoms with van der Waals surface area (Å²) >= 11 is 12.3. The van der Waals surface area contributed by atoms with Crippen molar-refractivity contribution < 1.29 is 22.7 Å². The molecule has 0 aliphatic carbocycles. The van der Waals surface area contributed by atoms with Gasteiger partial charge >= 0.3 is 0 Å². The molecule has 0 bridgehead atoms. The van der Waals surface area contributed by atoms with Gasteiger partial charge in [0.1, 0.15) is 18.3 Å². The van der Waals surface area contributed by atoms with E-state index in [0.29, 0.717) is 27.9 Å². The van der Waals surface area contributed by atoms with E-state index < -0.39 is 28.5 Å². The van der Waals surface area contributed by atoms with Gasteiger partial charge in [-0.3, -0.25) is 13.9 Å². The van der Waals surface area contributed by atoms with Crippen LogP contribution in [0.4, 0.5) is 5.69 Å². The zero-order chi connectivity index (χ0) is 30.2. The van der Waals surface area contributed by atoms with Crippen molar-refractivity contribution in [2.75, 3.05) is 24.5 Å². The summed E-state index contributed by atoms with van der Waals surface area (Å²) in [4.78, 5) is 28.4. The zero-order valence-electron chi connectivity index (χ0n) is 23.6. The number of carbonyl (C=O) groups excluding carboxylic acids is 2. The van der Waals surface area contributed by atoms with Crippen molar-refractivity contribution in [3.05, 3.63) is 87.9 Å². The Morgan fingerprint density at radius 2 is 1.71 bits per heavy atom. The van der Waals surface area contributed by atoms with Gasteiger partial charge in [0.25, 0.3) is 10.0 Å². The Labute approximate surface area is 252 Å². The number of rotatable bonds is 13. The van der Waals surface area contributed by atoms with Crippen LogP contribution in [0.15, 0.2) is 71.6 Å². The number of hydrogen-bond donors (Lipinski definition) is 1. The molecule has 1 atom stereocenters. The molecule has 0 aliphatic rings. The first-order valence-corrected chi connectivity index (χ1v) is 15.4. The minimum absolute atomic E-state index is 0.00855. The summed E-state index contributed by atoms with van der Waals surface area (Å²) in [5.41, 5.74) is 1.77. The molecule has 0 aliphatic heterocycles. The van der Waals surface area contributed by atoms with Crippen molar-refractivity contribution in [1.82, 2.24) is 10.2 Å². The summed E-state index contributed by atoms with van der Waals surface area (Å²) in [6.07, 6.45) is 1.69. The van der Waals surface area contributed by atoms with Gasteiger partial charge in [-0.1, -0.05) is 66.4 Å². The summed E-state index contributed by atoms with van der Waals surface area (Å²) in [5, 5.41) is 3.51. The van der Waals surface area contributed by atoms with Gasteiger partial charge in [-0.2, -0.15) is 0 Å². The van der Waals surface area contributed by atoms with Crippen molar-refractivity contribution >= 4 is 50.7 Å². The third-order valence-electron chi connectivity index (χ3n) is 6.56. The van der Waals surface area contributed by atoms with Crippen LogP contribution in [0.25, 0.3) is 0 Å². The molecule has 0 unspecified atom stereocenters. The van der Waals surface area contributed by atoms with Crippen LogP contribution in [0.3, 0.4) is 0 Å². The molecule has 11 heteroatoms. The van der Waals surface area contributed by atoms with Gasteiger partial charge in [0.05, 0.1) is 27.7 Å². The predicted octanol–water partition coefficient (Wildman–Crippen LogP) is 5.84. The predicted molar refractivity (Wildman–Crippen MR) is 163 cm³/mol. The molecular formula is C30H35Cl2N3O5S. The standard InChI is InChI=1S/C30H35Cl2N3O5S/c1-5-6-16-33-30(37)22(3)34(19-23-12-15-27(31)28(32)17-23)29(36)20-35(24-8-7-9-25(18-24)40-4)41(38,39)26-13-10-21(2)11-14-26/h7-15,17-18,22H,5-6,16,19-20H2,1-4H3,(H,33,37)/t22-/m1/s1. The maximum atomic E-state index is 14.0. The Hall–Kier alpha value is -3.27. The Balaban J connectivity index is 2.03. The highest BCUT2D eigenvalue weighted by Gasteiger charge is 2.32. The number of unbranched alkanes of at least 4 members (excludes halogenated alkanes) is 1. The van der Waals surface area contributed by atoms with Crippen LogP contribution in [0, 0.1) is 6.92 Å². The maximum absolute atomic E-state index is 14.0. The fraction of sp³-hybridized carbons (Fsp3) is 0.333. The van der Waals surface area contributed by atoms with E-state index in [1.54, 1.807) is 61.5 Å². The highest BCUT2D eigenvalue weighted by Crippen LogP contribution is 2.28. The van der Waals surface area contributed by atoms with Gasteiger partial charge in [-0.05, 0) is 62.2 Å². The normalized spacial score (nSPS) is 12.0. The number of ether oxygens (including phenoxy) is 1. The van der Waals surface area contributed by atoms with E-state index in [2.05, 4.69) is 5.32 Å². The van der Waals surface area contributed by atoms with Crippen molar-refractivity contribution in [1.29, 1.82) is 0 Å². The molecule has 3 aromatic rings. The third-order valence-corrected chi connectivity index (χ3v) is 9.09. The molecular weight excluding hydrogens is 585 g/mol. The topological polar surface area (TPSA) is 96.0 Å². The lowest BCUT2D eigenvalue weighted by Gasteiger charge is -2.32. The molecule has 0 fully saturated rings. The number of sulfonamides is 1.